The Morgan fingerprint density at radius 3 is 2.38 bits per heavy atom. The first-order valence-electron chi connectivity index (χ1n) is 5.95. The molecule has 0 aliphatic rings. The highest BCUT2D eigenvalue weighted by molar-refractivity contribution is 5.91. The molecule has 0 aliphatic carbocycles. The molecule has 0 bridgehead atoms. The Hall–Kier alpha value is -3.13. The zero-order valence-corrected chi connectivity index (χ0v) is 11.3. The molecule has 0 atom stereocenters. The van der Waals surface area contributed by atoms with Gasteiger partial charge in [0.1, 0.15) is 11.6 Å². The van der Waals surface area contributed by atoms with E-state index in [2.05, 4.69) is 4.74 Å². The molecule has 0 fully saturated rings. The van der Waals surface area contributed by atoms with Crippen LogP contribution in [-0.2, 0) is 9.53 Å². The molecule has 0 unspecified atom stereocenters. The van der Waals surface area contributed by atoms with Crippen molar-refractivity contribution in [2.75, 3.05) is 7.11 Å². The highest BCUT2D eigenvalue weighted by atomic mass is 16.5. The molecule has 0 spiro atoms. The van der Waals surface area contributed by atoms with Gasteiger partial charge in [-0.15, -0.1) is 0 Å². The summed E-state index contributed by atoms with van der Waals surface area (Å²) in [5, 5.41) is 17.2. The third-order valence-electron chi connectivity index (χ3n) is 2.46. The van der Waals surface area contributed by atoms with Crippen LogP contribution in [0.4, 0.5) is 0 Å². The highest BCUT2D eigenvalue weighted by Gasteiger charge is 2.03. The van der Waals surface area contributed by atoms with Crippen LogP contribution in [0.25, 0.3) is 6.08 Å². The topological polar surface area (TPSA) is 87.4 Å². The molecule has 0 radical (unpaired) electrons. The van der Waals surface area contributed by atoms with E-state index in [1.54, 1.807) is 48.6 Å². The summed E-state index contributed by atoms with van der Waals surface area (Å²) in [7, 11) is 1.32. The second kappa shape index (κ2) is 8.12. The van der Waals surface area contributed by atoms with Crippen LogP contribution >= 0.6 is 0 Å². The molecule has 0 heterocycles. The lowest BCUT2D eigenvalue weighted by atomic mass is 10.1. The molecule has 0 saturated heterocycles. The fraction of sp³-hybridized carbons (Fsp3) is 0.0625. The summed E-state index contributed by atoms with van der Waals surface area (Å²) in [5.74, 6) is -1.65. The molecule has 1 aromatic rings. The van der Waals surface area contributed by atoms with Gasteiger partial charge in [0.2, 0.25) is 0 Å². The maximum Gasteiger partial charge on any atom is 0.346 e. The molecule has 5 heteroatoms. The number of hydrogen-bond acceptors (Lipinski definition) is 4. The molecule has 5 nitrogen and oxygen atoms in total. The molecule has 106 valence electrons. The van der Waals surface area contributed by atoms with Gasteiger partial charge in [0.15, 0.2) is 0 Å². The average Bonchev–Trinajstić information content (AvgIpc) is 2.50. The molecule has 1 N–H and O–H groups in total. The van der Waals surface area contributed by atoms with Crippen LogP contribution < -0.4 is 0 Å². The number of nitrogens with zero attached hydrogens (tertiary/aromatic N) is 1. The van der Waals surface area contributed by atoms with Gasteiger partial charge in [0.25, 0.3) is 0 Å². The van der Waals surface area contributed by atoms with Crippen LogP contribution in [0.1, 0.15) is 15.9 Å². The fourth-order valence-electron chi connectivity index (χ4n) is 1.39. The van der Waals surface area contributed by atoms with Crippen molar-refractivity contribution in [3.63, 3.8) is 0 Å². The summed E-state index contributed by atoms with van der Waals surface area (Å²) < 4.78 is 4.59. The van der Waals surface area contributed by atoms with Crippen molar-refractivity contribution in [1.82, 2.24) is 0 Å². The van der Waals surface area contributed by atoms with Gasteiger partial charge in [0, 0.05) is 0 Å². The van der Waals surface area contributed by atoms with Crippen LogP contribution in [-0.4, -0.2) is 24.2 Å². The Bertz CT molecular complexity index is 646. The first-order valence-corrected chi connectivity index (χ1v) is 5.95. The fourth-order valence-corrected chi connectivity index (χ4v) is 1.39. The number of aliphatic carboxylic acids is 1. The van der Waals surface area contributed by atoms with Crippen molar-refractivity contribution in [1.29, 1.82) is 5.26 Å². The second-order valence-corrected chi connectivity index (χ2v) is 3.85. The summed E-state index contributed by atoms with van der Waals surface area (Å²) in [6, 6.07) is 8.38. The molecule has 0 saturated carbocycles. The summed E-state index contributed by atoms with van der Waals surface area (Å²) >= 11 is 0. The van der Waals surface area contributed by atoms with Crippen molar-refractivity contribution in [3.05, 3.63) is 65.3 Å². The standard InChI is InChI=1S/C16H13NO4/c1-21-16(20)13-9-7-12(8-10-13)5-3-2-4-6-14(11-17)15(18)19/h2-10H,1H3,(H,18,19)/b4-2+,5-3+,14-6+. The predicted molar refractivity (Wildman–Crippen MR) is 77.3 cm³/mol. The Balaban J connectivity index is 2.68. The highest BCUT2D eigenvalue weighted by Crippen LogP contribution is 2.07. The predicted octanol–water partition coefficient (Wildman–Crippen LogP) is 2.58. The van der Waals surface area contributed by atoms with Gasteiger partial charge in [-0.05, 0) is 23.8 Å². The minimum absolute atomic E-state index is 0.331. The molecule has 1 rings (SSSR count). The number of rotatable bonds is 5. The smallest absolute Gasteiger partial charge is 0.346 e. The van der Waals surface area contributed by atoms with E-state index in [1.807, 2.05) is 0 Å². The quantitative estimate of drug-likeness (QED) is 0.388. The number of carboxylic acid groups (broad SMARTS) is 1. The van der Waals surface area contributed by atoms with E-state index in [9.17, 15) is 9.59 Å². The van der Waals surface area contributed by atoms with E-state index in [0.717, 1.165) is 5.56 Å². The molecule has 0 aliphatic heterocycles. The van der Waals surface area contributed by atoms with Gasteiger partial charge < -0.3 is 9.84 Å². The van der Waals surface area contributed by atoms with Crippen LogP contribution in [0.5, 0.6) is 0 Å². The van der Waals surface area contributed by atoms with Gasteiger partial charge in [-0.3, -0.25) is 0 Å². The SMILES string of the molecule is COC(=O)c1ccc(/C=C/C=C/C=C(\C#N)C(=O)O)cc1. The third kappa shape index (κ3) is 5.17. The zero-order chi connectivity index (χ0) is 15.7. The summed E-state index contributed by atoms with van der Waals surface area (Å²) in [6.45, 7) is 0. The van der Waals surface area contributed by atoms with Crippen LogP contribution in [0.15, 0.2) is 54.1 Å². The number of carboxylic acids is 1. The first kappa shape index (κ1) is 15.9. The number of methoxy groups -OCH3 is 1. The van der Waals surface area contributed by atoms with Crippen molar-refractivity contribution >= 4 is 18.0 Å². The van der Waals surface area contributed by atoms with E-state index < -0.39 is 11.9 Å². The largest absolute Gasteiger partial charge is 0.477 e. The van der Waals surface area contributed by atoms with Gasteiger partial charge in [-0.2, -0.15) is 5.26 Å². The number of ether oxygens (including phenoxy) is 1. The van der Waals surface area contributed by atoms with E-state index >= 15 is 0 Å². The minimum atomic E-state index is -1.26. The lowest BCUT2D eigenvalue weighted by Gasteiger charge is -1.98. The van der Waals surface area contributed by atoms with Crippen LogP contribution in [0.3, 0.4) is 0 Å². The first-order chi connectivity index (χ1) is 10.1. The Labute approximate surface area is 122 Å². The van der Waals surface area contributed by atoms with Crippen LogP contribution in [0, 0.1) is 11.3 Å². The normalized spacial score (nSPS) is 11.5. The second-order valence-electron chi connectivity index (χ2n) is 3.85. The molecule has 1 aromatic carbocycles. The summed E-state index contributed by atoms with van der Waals surface area (Å²) in [5.41, 5.74) is 1.00. The Morgan fingerprint density at radius 1 is 1.19 bits per heavy atom. The summed E-state index contributed by atoms with van der Waals surface area (Å²) in [4.78, 5) is 21.8. The van der Waals surface area contributed by atoms with Crippen molar-refractivity contribution in [2.24, 2.45) is 0 Å². The number of carbonyl (C=O) groups is 2. The molecule has 21 heavy (non-hydrogen) atoms. The molecular weight excluding hydrogens is 270 g/mol. The van der Waals surface area contributed by atoms with Gasteiger partial charge >= 0.3 is 11.9 Å². The van der Waals surface area contributed by atoms with E-state index in [0.29, 0.717) is 5.56 Å². The maximum atomic E-state index is 11.2. The number of benzene rings is 1. The molecule has 0 amide bonds. The average molecular weight is 283 g/mol. The lowest BCUT2D eigenvalue weighted by molar-refractivity contribution is -0.132. The Kier molecular flexibility index (Phi) is 6.16. The number of nitriles is 1. The molecule has 0 aromatic heterocycles. The van der Waals surface area contributed by atoms with Gasteiger partial charge in [0.05, 0.1) is 12.7 Å². The number of allylic oxidation sites excluding steroid dienone is 4. The van der Waals surface area contributed by atoms with Gasteiger partial charge in [-0.1, -0.05) is 36.4 Å². The maximum absolute atomic E-state index is 11.2. The zero-order valence-electron chi connectivity index (χ0n) is 11.3. The third-order valence-corrected chi connectivity index (χ3v) is 2.46. The summed E-state index contributed by atoms with van der Waals surface area (Å²) in [6.07, 6.45) is 7.76. The van der Waals surface area contributed by atoms with E-state index in [-0.39, 0.29) is 5.57 Å². The number of hydrogen-bond donors (Lipinski definition) is 1. The van der Waals surface area contributed by atoms with Crippen molar-refractivity contribution in [2.45, 2.75) is 0 Å². The van der Waals surface area contributed by atoms with E-state index in [4.69, 9.17) is 10.4 Å². The van der Waals surface area contributed by atoms with Crippen molar-refractivity contribution in [3.8, 4) is 6.07 Å². The monoisotopic (exact) mass is 283 g/mol. The number of carbonyl (C=O) groups excluding carboxylic acids is 1. The van der Waals surface area contributed by atoms with Gasteiger partial charge in [-0.25, -0.2) is 9.59 Å². The lowest BCUT2D eigenvalue weighted by Crippen LogP contribution is -2.00. The Morgan fingerprint density at radius 2 is 1.86 bits per heavy atom. The van der Waals surface area contributed by atoms with Crippen molar-refractivity contribution < 1.29 is 19.4 Å². The minimum Gasteiger partial charge on any atom is -0.477 e. The molecular formula is C16H13NO4. The number of esters is 1. The van der Waals surface area contributed by atoms with E-state index in [1.165, 1.54) is 19.3 Å². The van der Waals surface area contributed by atoms with Crippen LogP contribution in [0.2, 0.25) is 0 Å².